The van der Waals surface area contributed by atoms with Crippen molar-refractivity contribution in [2.75, 3.05) is 5.32 Å². The van der Waals surface area contributed by atoms with Crippen molar-refractivity contribution >= 4 is 46.4 Å². The lowest BCUT2D eigenvalue weighted by atomic mass is 9.91. The Bertz CT molecular complexity index is 1440. The van der Waals surface area contributed by atoms with Gasteiger partial charge in [0.15, 0.2) is 11.2 Å². The quantitative estimate of drug-likeness (QED) is 0.495. The lowest BCUT2D eigenvalue weighted by Crippen LogP contribution is -2.42. The number of carbonyl (C=O) groups is 1. The minimum absolute atomic E-state index is 0.0442. The molecule has 0 spiro atoms. The molecule has 37 heavy (non-hydrogen) atoms. The van der Waals surface area contributed by atoms with Gasteiger partial charge >= 0.3 is 11.8 Å². The van der Waals surface area contributed by atoms with Gasteiger partial charge in [-0.15, -0.1) is 0 Å². The number of aromatic nitrogens is 4. The molecular weight excluding hydrogens is 519 g/mol. The van der Waals surface area contributed by atoms with E-state index in [1.165, 1.54) is 9.13 Å². The summed E-state index contributed by atoms with van der Waals surface area (Å²) in [5.74, 6) is 0.512. The Morgan fingerprint density at radius 3 is 2.32 bits per heavy atom. The highest BCUT2D eigenvalue weighted by Crippen LogP contribution is 2.25. The van der Waals surface area contributed by atoms with Gasteiger partial charge in [0.05, 0.1) is 16.6 Å². The van der Waals surface area contributed by atoms with Gasteiger partial charge in [-0.3, -0.25) is 13.9 Å². The molecule has 1 aromatic carbocycles. The van der Waals surface area contributed by atoms with E-state index < -0.39 is 22.9 Å². The number of amides is 1. The van der Waals surface area contributed by atoms with Crippen LogP contribution in [0.15, 0.2) is 27.8 Å². The first kappa shape index (κ1) is 27.1. The number of hydrogen-bond donors (Lipinski definition) is 2. The Balaban J connectivity index is 1.51. The number of anilines is 1. The molecule has 1 fully saturated rings. The number of carbonyl (C=O) groups excluding carboxylic acids is 1. The van der Waals surface area contributed by atoms with Crippen LogP contribution >= 0.6 is 23.2 Å². The van der Waals surface area contributed by atoms with E-state index in [9.17, 15) is 14.4 Å². The lowest BCUT2D eigenvalue weighted by Gasteiger charge is -2.30. The van der Waals surface area contributed by atoms with Gasteiger partial charge in [0.1, 0.15) is 5.60 Å². The van der Waals surface area contributed by atoms with Crippen molar-refractivity contribution in [3.8, 4) is 0 Å². The highest BCUT2D eigenvalue weighted by atomic mass is 35.5. The molecule has 4 rings (SSSR count). The van der Waals surface area contributed by atoms with E-state index in [4.69, 9.17) is 27.9 Å². The first-order valence-electron chi connectivity index (χ1n) is 12.2. The highest BCUT2D eigenvalue weighted by Gasteiger charge is 2.26. The first-order valence-corrected chi connectivity index (χ1v) is 13.0. The topological polar surface area (TPSA) is 112 Å². The van der Waals surface area contributed by atoms with Crippen LogP contribution in [-0.2, 0) is 25.4 Å². The van der Waals surface area contributed by atoms with Gasteiger partial charge < -0.3 is 19.9 Å². The van der Waals surface area contributed by atoms with Gasteiger partial charge in [-0.1, -0.05) is 29.3 Å². The monoisotopic (exact) mass is 550 g/mol. The number of halogens is 2. The molecule has 1 amide bonds. The van der Waals surface area contributed by atoms with Gasteiger partial charge in [0.25, 0.3) is 5.56 Å². The zero-order chi connectivity index (χ0) is 27.1. The summed E-state index contributed by atoms with van der Waals surface area (Å²) in [6.07, 6.45) is 2.79. The fourth-order valence-electron chi connectivity index (χ4n) is 4.57. The summed E-state index contributed by atoms with van der Waals surface area (Å²) in [6.45, 7) is 5.56. The number of alkyl carbamates (subject to hydrolysis) is 1. The molecule has 0 bridgehead atoms. The normalized spacial score (nSPS) is 18.1. The maximum atomic E-state index is 13.4. The summed E-state index contributed by atoms with van der Waals surface area (Å²) in [7, 11) is 3.35. The number of nitrogens with one attached hydrogen (secondary N) is 2. The predicted molar refractivity (Wildman–Crippen MR) is 145 cm³/mol. The molecule has 10 nitrogen and oxygen atoms in total. The van der Waals surface area contributed by atoms with Crippen LogP contribution < -0.4 is 21.9 Å². The third-order valence-corrected chi connectivity index (χ3v) is 7.20. The maximum absolute atomic E-state index is 13.4. The second kappa shape index (κ2) is 10.4. The average Bonchev–Trinajstić information content (AvgIpc) is 3.13. The molecular formula is C25H32Cl2N6O4. The molecule has 12 heteroatoms. The zero-order valence-electron chi connectivity index (χ0n) is 21.6. The molecule has 0 unspecified atom stereocenters. The fourth-order valence-corrected chi connectivity index (χ4v) is 4.89. The molecule has 200 valence electrons. The SMILES string of the molecule is Cn1c(NC2CCC(NC(=O)OC(C)(C)C)CC2)nc2c1c(=O)n(Cc1ccc(Cl)c(Cl)c1)c(=O)n2C. The maximum Gasteiger partial charge on any atom is 0.407 e. The summed E-state index contributed by atoms with van der Waals surface area (Å²) >= 11 is 12.1. The van der Waals surface area contributed by atoms with Crippen LogP contribution in [0.1, 0.15) is 52.0 Å². The Hall–Kier alpha value is -2.98. The Morgan fingerprint density at radius 2 is 1.70 bits per heavy atom. The molecule has 1 aliphatic carbocycles. The summed E-state index contributed by atoms with van der Waals surface area (Å²) in [5.41, 5.74) is -0.121. The van der Waals surface area contributed by atoms with Crippen LogP contribution in [0.5, 0.6) is 0 Å². The van der Waals surface area contributed by atoms with E-state index in [1.54, 1.807) is 36.9 Å². The van der Waals surface area contributed by atoms with Gasteiger partial charge in [0.2, 0.25) is 5.95 Å². The van der Waals surface area contributed by atoms with Gasteiger partial charge in [-0.05, 0) is 64.2 Å². The third-order valence-electron chi connectivity index (χ3n) is 6.47. The summed E-state index contributed by atoms with van der Waals surface area (Å²) in [5, 5.41) is 7.11. The number of benzene rings is 1. The Morgan fingerprint density at radius 1 is 1.05 bits per heavy atom. The predicted octanol–water partition coefficient (Wildman–Crippen LogP) is 4.04. The molecule has 0 radical (unpaired) electrons. The van der Waals surface area contributed by atoms with Gasteiger partial charge in [0, 0.05) is 26.2 Å². The van der Waals surface area contributed by atoms with E-state index in [-0.39, 0.29) is 18.6 Å². The molecule has 1 saturated carbocycles. The summed E-state index contributed by atoms with van der Waals surface area (Å²) in [6, 6.07) is 5.17. The van der Waals surface area contributed by atoms with Crippen molar-refractivity contribution in [1.29, 1.82) is 0 Å². The molecule has 3 aromatic rings. The van der Waals surface area contributed by atoms with Crippen LogP contribution in [0.4, 0.5) is 10.7 Å². The number of aryl methyl sites for hydroxylation is 2. The summed E-state index contributed by atoms with van der Waals surface area (Å²) in [4.78, 5) is 43.1. The largest absolute Gasteiger partial charge is 0.444 e. The van der Waals surface area contributed by atoms with E-state index in [1.807, 2.05) is 20.8 Å². The Labute approximate surface area is 224 Å². The number of hydrogen-bond acceptors (Lipinski definition) is 6. The van der Waals surface area contributed by atoms with Crippen molar-refractivity contribution in [3.05, 3.63) is 54.6 Å². The second-order valence-corrected chi connectivity index (χ2v) is 11.3. The highest BCUT2D eigenvalue weighted by molar-refractivity contribution is 6.42. The molecule has 2 heterocycles. The number of imidazole rings is 1. The number of ether oxygens (including phenoxy) is 1. The molecule has 2 aromatic heterocycles. The van der Waals surface area contributed by atoms with Crippen LogP contribution in [0.3, 0.4) is 0 Å². The Kier molecular flexibility index (Phi) is 7.62. The molecule has 0 atom stereocenters. The van der Waals surface area contributed by atoms with Crippen molar-refractivity contribution in [2.45, 2.75) is 70.7 Å². The molecule has 2 N–H and O–H groups in total. The van der Waals surface area contributed by atoms with E-state index >= 15 is 0 Å². The van der Waals surface area contributed by atoms with Crippen LogP contribution in [-0.4, -0.2) is 42.5 Å². The third kappa shape index (κ3) is 5.96. The molecule has 0 saturated heterocycles. The minimum Gasteiger partial charge on any atom is -0.444 e. The zero-order valence-corrected chi connectivity index (χ0v) is 23.1. The molecule has 1 aliphatic rings. The van der Waals surface area contributed by atoms with Gasteiger partial charge in [-0.25, -0.2) is 9.59 Å². The van der Waals surface area contributed by atoms with Crippen LogP contribution in [0.2, 0.25) is 10.0 Å². The lowest BCUT2D eigenvalue weighted by molar-refractivity contribution is 0.0492. The number of nitrogens with zero attached hydrogens (tertiary/aromatic N) is 4. The van der Waals surface area contributed by atoms with Crippen LogP contribution in [0.25, 0.3) is 11.2 Å². The average molecular weight is 551 g/mol. The van der Waals surface area contributed by atoms with E-state index in [0.29, 0.717) is 32.7 Å². The van der Waals surface area contributed by atoms with Crippen LogP contribution in [0, 0.1) is 0 Å². The van der Waals surface area contributed by atoms with Crippen molar-refractivity contribution in [2.24, 2.45) is 14.1 Å². The number of fused-ring (bicyclic) bond motifs is 1. The van der Waals surface area contributed by atoms with Crippen molar-refractivity contribution in [1.82, 2.24) is 24.0 Å². The van der Waals surface area contributed by atoms with E-state index in [2.05, 4.69) is 15.6 Å². The minimum atomic E-state index is -0.538. The molecule has 0 aliphatic heterocycles. The fraction of sp³-hybridized carbons (Fsp3) is 0.520. The number of rotatable bonds is 5. The second-order valence-electron chi connectivity index (χ2n) is 10.5. The smallest absolute Gasteiger partial charge is 0.407 e. The van der Waals surface area contributed by atoms with E-state index in [0.717, 1.165) is 25.7 Å². The summed E-state index contributed by atoms with van der Waals surface area (Å²) < 4.78 is 9.58. The first-order chi connectivity index (χ1) is 17.3. The van der Waals surface area contributed by atoms with Gasteiger partial charge in [-0.2, -0.15) is 4.98 Å². The van der Waals surface area contributed by atoms with Crippen molar-refractivity contribution < 1.29 is 9.53 Å². The standard InChI is InChI=1S/C25H32Cl2N6O4/c1-25(2,3)37-23(35)29-16-9-7-15(8-10-16)28-22-30-20-19(31(22)4)21(34)33(24(36)32(20)5)13-14-6-11-17(26)18(27)12-14/h6,11-12,15-16H,7-10,13H2,1-5H3,(H,28,30)(H,29,35). The van der Waals surface area contributed by atoms with Crippen molar-refractivity contribution in [3.63, 3.8) is 0 Å².